The zero-order valence-electron chi connectivity index (χ0n) is 26.9. The molecule has 192 valence electrons. The summed E-state index contributed by atoms with van der Waals surface area (Å²) in [5.41, 5.74) is 9.71. The number of benzene rings is 6. The van der Waals surface area contributed by atoms with Gasteiger partial charge in [-0.25, -0.2) is 9.97 Å². The maximum absolute atomic E-state index is 8.65. The van der Waals surface area contributed by atoms with Gasteiger partial charge in [-0.1, -0.05) is 115 Å². The van der Waals surface area contributed by atoms with Crippen LogP contribution >= 0.6 is 0 Å². The number of aromatic nitrogens is 3. The smallest absolute Gasteiger partial charge is 0.165 e. The molecule has 0 aliphatic heterocycles. The third-order valence-electron chi connectivity index (χ3n) is 7.49. The van der Waals surface area contributed by atoms with Crippen molar-refractivity contribution in [3.8, 4) is 39.1 Å². The lowest BCUT2D eigenvalue weighted by molar-refractivity contribution is 1.14. The van der Waals surface area contributed by atoms with Crippen molar-refractivity contribution in [2.24, 2.45) is 0 Å². The fourth-order valence-corrected chi connectivity index (χ4v) is 5.60. The molecule has 0 bridgehead atoms. The molecule has 3 nitrogen and oxygen atoms in total. The summed E-state index contributed by atoms with van der Waals surface area (Å²) in [7, 11) is 0. The highest BCUT2D eigenvalue weighted by atomic mass is 15.1. The Labute approximate surface area is 245 Å². The van der Waals surface area contributed by atoms with E-state index in [2.05, 4.69) is 72.8 Å². The second-order valence-electron chi connectivity index (χ2n) is 9.92. The van der Waals surface area contributed by atoms with Gasteiger partial charge in [0.1, 0.15) is 5.52 Å². The van der Waals surface area contributed by atoms with E-state index in [1.54, 1.807) is 4.57 Å². The van der Waals surface area contributed by atoms with E-state index in [1.165, 1.54) is 5.56 Å². The molecule has 41 heavy (non-hydrogen) atoms. The van der Waals surface area contributed by atoms with Crippen LogP contribution < -0.4 is 0 Å². The lowest BCUT2D eigenvalue weighted by Crippen LogP contribution is -1.96. The molecular weight excluding hydrogens is 498 g/mol. The van der Waals surface area contributed by atoms with E-state index in [-0.39, 0.29) is 17.8 Å². The molecule has 0 spiro atoms. The first-order chi connectivity index (χ1) is 22.4. The predicted octanol–water partition coefficient (Wildman–Crippen LogP) is 9.73. The number of hydrogen-bond acceptors (Lipinski definition) is 2. The maximum atomic E-state index is 8.65. The molecule has 0 amide bonds. The fourth-order valence-electron chi connectivity index (χ4n) is 5.60. The van der Waals surface area contributed by atoms with Gasteiger partial charge in [-0.05, 0) is 69.7 Å². The summed E-state index contributed by atoms with van der Waals surface area (Å²) in [5.74, 6) is 0. The van der Waals surface area contributed by atoms with Crippen molar-refractivity contribution in [2.75, 3.05) is 0 Å². The molecule has 6 aromatic carbocycles. The molecule has 8 rings (SSSR count). The van der Waals surface area contributed by atoms with E-state index in [1.807, 2.05) is 48.5 Å². The van der Waals surface area contributed by atoms with Crippen LogP contribution in [0.25, 0.3) is 72.2 Å². The highest BCUT2D eigenvalue weighted by molar-refractivity contribution is 6.07. The molecule has 0 saturated carbocycles. The SMILES string of the molecule is [2H]c1c([2H])c([2H])c(-n2c3ccccc3c3nc4cc(-c5cccc(-c6ccccc6-c6ccccc6)c5)ccc4nc32)c([2H])c1[2H]. The van der Waals surface area contributed by atoms with E-state index < -0.39 is 18.1 Å². The van der Waals surface area contributed by atoms with Gasteiger partial charge in [0, 0.05) is 11.1 Å². The Morgan fingerprint density at radius 1 is 0.512 bits per heavy atom. The van der Waals surface area contributed by atoms with Crippen molar-refractivity contribution in [1.82, 2.24) is 14.5 Å². The highest BCUT2D eigenvalue weighted by Crippen LogP contribution is 2.35. The van der Waals surface area contributed by atoms with Crippen molar-refractivity contribution in [1.29, 1.82) is 0 Å². The Balaban J connectivity index is 1.30. The molecule has 0 aliphatic carbocycles. The first kappa shape index (κ1) is 18.7. The Hall–Kier alpha value is -5.54. The largest absolute Gasteiger partial charge is 0.293 e. The van der Waals surface area contributed by atoms with Crippen LogP contribution in [0, 0.1) is 0 Å². The zero-order chi connectivity index (χ0) is 31.5. The first-order valence-electron chi connectivity index (χ1n) is 15.9. The third-order valence-corrected chi connectivity index (χ3v) is 7.49. The van der Waals surface area contributed by atoms with Crippen molar-refractivity contribution < 1.29 is 6.85 Å². The van der Waals surface area contributed by atoms with Gasteiger partial charge in [0.15, 0.2) is 5.65 Å². The van der Waals surface area contributed by atoms with E-state index >= 15 is 0 Å². The van der Waals surface area contributed by atoms with Crippen LogP contribution in [-0.2, 0) is 0 Å². The average Bonchev–Trinajstić information content (AvgIpc) is 3.42. The van der Waals surface area contributed by atoms with Crippen molar-refractivity contribution in [3.05, 3.63) is 152 Å². The fraction of sp³-hybridized carbons (Fsp3) is 0. The predicted molar refractivity (Wildman–Crippen MR) is 170 cm³/mol. The molecule has 0 aliphatic rings. The van der Waals surface area contributed by atoms with Gasteiger partial charge >= 0.3 is 0 Å². The monoisotopic (exact) mass is 528 g/mol. The summed E-state index contributed by atoms with van der Waals surface area (Å²) in [6.07, 6.45) is 0. The van der Waals surface area contributed by atoms with Crippen LogP contribution in [0.2, 0.25) is 0 Å². The molecule has 0 fully saturated rings. The molecule has 8 aromatic rings. The van der Waals surface area contributed by atoms with Crippen LogP contribution in [0.15, 0.2) is 152 Å². The van der Waals surface area contributed by atoms with Crippen LogP contribution in [0.3, 0.4) is 0 Å². The van der Waals surface area contributed by atoms with Crippen LogP contribution in [0.5, 0.6) is 0 Å². The van der Waals surface area contributed by atoms with E-state index in [0.717, 1.165) is 33.2 Å². The van der Waals surface area contributed by atoms with Crippen molar-refractivity contribution in [2.45, 2.75) is 0 Å². The molecule has 0 unspecified atom stereocenters. The number of hydrogen-bond donors (Lipinski definition) is 0. The molecular formula is C38H25N3. The third kappa shape index (κ3) is 3.98. The van der Waals surface area contributed by atoms with Gasteiger partial charge in [0.2, 0.25) is 0 Å². The number of nitrogens with zero attached hydrogens (tertiary/aromatic N) is 3. The summed E-state index contributed by atoms with van der Waals surface area (Å²) in [6, 6.07) is 39.0. The van der Waals surface area contributed by atoms with Crippen LogP contribution in [0.4, 0.5) is 0 Å². The summed E-state index contributed by atoms with van der Waals surface area (Å²) in [6.45, 7) is 0. The van der Waals surface area contributed by atoms with Gasteiger partial charge in [-0.15, -0.1) is 0 Å². The number of fused-ring (bicyclic) bond motifs is 4. The van der Waals surface area contributed by atoms with E-state index in [0.29, 0.717) is 27.7 Å². The molecule has 2 aromatic heterocycles. The summed E-state index contributed by atoms with van der Waals surface area (Å²) in [5, 5.41) is 0.781. The molecule has 0 N–H and O–H groups in total. The standard InChI is InChI=1S/C38H25N3/c1-3-12-26(13-4-1)31-18-7-8-19-32(31)29-15-11-14-27(24-29)28-22-23-34-35(25-28)39-37-33-20-9-10-21-36(33)41(38(37)40-34)30-16-5-2-6-17-30/h1-25H/i2D,5D,6D,16D,17D. The lowest BCUT2D eigenvalue weighted by atomic mass is 9.92. The zero-order valence-corrected chi connectivity index (χ0v) is 21.9. The Morgan fingerprint density at radius 3 is 2.05 bits per heavy atom. The molecule has 0 radical (unpaired) electrons. The Kier molecular flexibility index (Phi) is 4.37. The van der Waals surface area contributed by atoms with Crippen LogP contribution in [-0.4, -0.2) is 14.5 Å². The minimum Gasteiger partial charge on any atom is -0.293 e. The quantitative estimate of drug-likeness (QED) is 0.228. The molecule has 2 heterocycles. The van der Waals surface area contributed by atoms with Crippen molar-refractivity contribution in [3.63, 3.8) is 0 Å². The topological polar surface area (TPSA) is 30.7 Å². The lowest BCUT2D eigenvalue weighted by Gasteiger charge is -2.12. The Morgan fingerprint density at radius 2 is 1.20 bits per heavy atom. The second-order valence-corrected chi connectivity index (χ2v) is 9.92. The maximum Gasteiger partial charge on any atom is 0.165 e. The minimum absolute atomic E-state index is 0.0510. The van der Waals surface area contributed by atoms with Crippen LogP contribution in [0.1, 0.15) is 6.85 Å². The minimum atomic E-state index is -0.434. The number of para-hydroxylation sites is 2. The molecule has 0 atom stereocenters. The van der Waals surface area contributed by atoms with Crippen molar-refractivity contribution >= 4 is 33.1 Å². The molecule has 0 saturated heterocycles. The average molecular weight is 529 g/mol. The first-order valence-corrected chi connectivity index (χ1v) is 13.4. The number of rotatable bonds is 4. The normalized spacial score (nSPS) is 13.1. The molecule has 3 heteroatoms. The van der Waals surface area contributed by atoms with E-state index in [9.17, 15) is 0 Å². The summed E-state index contributed by atoms with van der Waals surface area (Å²) >= 11 is 0. The van der Waals surface area contributed by atoms with Gasteiger partial charge in [0.25, 0.3) is 0 Å². The summed E-state index contributed by atoms with van der Waals surface area (Å²) < 4.78 is 43.5. The summed E-state index contributed by atoms with van der Waals surface area (Å²) in [4.78, 5) is 10.0. The highest BCUT2D eigenvalue weighted by Gasteiger charge is 2.16. The Bertz CT molecular complexity index is 2460. The van der Waals surface area contributed by atoms with E-state index in [4.69, 9.17) is 16.8 Å². The van der Waals surface area contributed by atoms with Gasteiger partial charge in [-0.3, -0.25) is 4.57 Å². The van der Waals surface area contributed by atoms with Gasteiger partial charge < -0.3 is 0 Å². The second kappa shape index (κ2) is 9.58. The van der Waals surface area contributed by atoms with Gasteiger partial charge in [0.05, 0.1) is 23.4 Å². The van der Waals surface area contributed by atoms with Gasteiger partial charge in [-0.2, -0.15) is 0 Å².